The summed E-state index contributed by atoms with van der Waals surface area (Å²) in [6.07, 6.45) is 0. The van der Waals surface area contributed by atoms with Crippen molar-refractivity contribution in [1.29, 1.82) is 0 Å². The number of hydrogen-bond acceptors (Lipinski definition) is 6. The maximum Gasteiger partial charge on any atom is 0.287 e. The van der Waals surface area contributed by atoms with Gasteiger partial charge in [0.15, 0.2) is 6.61 Å². The van der Waals surface area contributed by atoms with Crippen LogP contribution in [0.3, 0.4) is 0 Å². The molecule has 0 saturated carbocycles. The molecule has 1 heterocycles. The average Bonchev–Trinajstić information content (AvgIpc) is 3.00. The van der Waals surface area contributed by atoms with E-state index < -0.39 is 0 Å². The largest absolute Gasteiger partial charge is 0.497 e. The summed E-state index contributed by atoms with van der Waals surface area (Å²) < 4.78 is 17.4. The third-order valence-electron chi connectivity index (χ3n) is 3.40. The maximum absolute atomic E-state index is 12.2. The lowest BCUT2D eigenvalue weighted by molar-refractivity contribution is -0.117. The Morgan fingerprint density at radius 2 is 1.96 bits per heavy atom. The number of nitrogens with one attached hydrogen (secondary N) is 1. The predicted octanol–water partition coefficient (Wildman–Crippen LogP) is 3.43. The molecule has 1 N–H and O–H groups in total. The van der Waals surface area contributed by atoms with Crippen LogP contribution in [-0.4, -0.2) is 22.8 Å². The lowest BCUT2D eigenvalue weighted by atomic mass is 10.3. The van der Waals surface area contributed by atoms with Crippen LogP contribution >= 0.6 is 12.2 Å². The molecule has 134 valence electrons. The number of nitrogens with zero attached hydrogens (tertiary/aromatic N) is 2. The SMILES string of the molecule is COc1cccc(NC(=O)Cn2nc(COc3ccccc3)oc2=S)c1. The van der Waals surface area contributed by atoms with Gasteiger partial charge in [0.2, 0.25) is 5.91 Å². The van der Waals surface area contributed by atoms with Gasteiger partial charge in [0.1, 0.15) is 18.0 Å². The van der Waals surface area contributed by atoms with Crippen LogP contribution in [0.15, 0.2) is 59.0 Å². The van der Waals surface area contributed by atoms with E-state index in [0.29, 0.717) is 23.1 Å². The van der Waals surface area contributed by atoms with E-state index in [0.717, 1.165) is 0 Å². The van der Waals surface area contributed by atoms with E-state index in [1.54, 1.807) is 31.4 Å². The Kier molecular flexibility index (Phi) is 5.65. The number of rotatable bonds is 7. The van der Waals surface area contributed by atoms with E-state index in [2.05, 4.69) is 10.4 Å². The van der Waals surface area contributed by atoms with E-state index in [9.17, 15) is 4.79 Å². The van der Waals surface area contributed by atoms with Gasteiger partial charge in [0.25, 0.3) is 10.7 Å². The summed E-state index contributed by atoms with van der Waals surface area (Å²) in [5.74, 6) is 1.37. The summed E-state index contributed by atoms with van der Waals surface area (Å²) in [6.45, 7) is 0.0586. The second kappa shape index (κ2) is 8.30. The standard InChI is InChI=1S/C18H17N3O4S/c1-23-15-9-5-6-13(10-15)19-16(22)11-21-18(26)25-17(20-21)12-24-14-7-3-2-4-8-14/h2-10H,11-12H2,1H3,(H,19,22). The number of aromatic nitrogens is 2. The number of benzene rings is 2. The molecule has 0 fully saturated rings. The second-order valence-electron chi connectivity index (χ2n) is 5.30. The summed E-state index contributed by atoms with van der Waals surface area (Å²) in [6, 6.07) is 16.4. The van der Waals surface area contributed by atoms with Gasteiger partial charge in [-0.05, 0) is 36.5 Å². The molecule has 0 aliphatic heterocycles. The molecule has 8 heteroatoms. The van der Waals surface area contributed by atoms with Crippen LogP contribution in [0.1, 0.15) is 5.89 Å². The molecule has 3 rings (SSSR count). The highest BCUT2D eigenvalue weighted by Crippen LogP contribution is 2.16. The van der Waals surface area contributed by atoms with Crippen molar-refractivity contribution in [2.24, 2.45) is 0 Å². The lowest BCUT2D eigenvalue weighted by Crippen LogP contribution is -2.19. The molecule has 0 unspecified atom stereocenters. The minimum atomic E-state index is -0.279. The molecule has 26 heavy (non-hydrogen) atoms. The quantitative estimate of drug-likeness (QED) is 0.641. The van der Waals surface area contributed by atoms with E-state index in [1.165, 1.54) is 4.68 Å². The van der Waals surface area contributed by atoms with Gasteiger partial charge >= 0.3 is 0 Å². The molecular weight excluding hydrogens is 354 g/mol. The fourth-order valence-electron chi connectivity index (χ4n) is 2.21. The Balaban J connectivity index is 1.60. The maximum atomic E-state index is 12.2. The molecule has 0 radical (unpaired) electrons. The van der Waals surface area contributed by atoms with Gasteiger partial charge in [-0.15, -0.1) is 5.10 Å². The average molecular weight is 371 g/mol. The summed E-state index contributed by atoms with van der Waals surface area (Å²) in [5.41, 5.74) is 0.622. The number of para-hydroxylation sites is 1. The first-order chi connectivity index (χ1) is 12.6. The topological polar surface area (TPSA) is 78.5 Å². The third-order valence-corrected chi connectivity index (χ3v) is 3.69. The van der Waals surface area contributed by atoms with Crippen molar-refractivity contribution in [3.05, 3.63) is 65.3 Å². The molecule has 1 aromatic heterocycles. The van der Waals surface area contributed by atoms with Gasteiger partial charge in [-0.3, -0.25) is 4.79 Å². The van der Waals surface area contributed by atoms with Crippen LogP contribution in [0.4, 0.5) is 5.69 Å². The molecule has 0 atom stereocenters. The Hall–Kier alpha value is -3.13. The van der Waals surface area contributed by atoms with Crippen LogP contribution < -0.4 is 14.8 Å². The summed E-state index contributed by atoms with van der Waals surface area (Å²) in [4.78, 5) is 12.3. The van der Waals surface area contributed by atoms with Crippen molar-refractivity contribution in [1.82, 2.24) is 9.78 Å². The Morgan fingerprint density at radius 1 is 1.19 bits per heavy atom. The van der Waals surface area contributed by atoms with E-state index in [1.807, 2.05) is 30.3 Å². The lowest BCUT2D eigenvalue weighted by Gasteiger charge is -2.06. The molecule has 0 spiro atoms. The van der Waals surface area contributed by atoms with Crippen molar-refractivity contribution in [3.63, 3.8) is 0 Å². The first kappa shape index (κ1) is 17.7. The first-order valence-electron chi connectivity index (χ1n) is 7.82. The highest BCUT2D eigenvalue weighted by atomic mass is 32.1. The molecule has 2 aromatic carbocycles. The zero-order valence-corrected chi connectivity index (χ0v) is 14.9. The monoisotopic (exact) mass is 371 g/mol. The normalized spacial score (nSPS) is 10.3. The van der Waals surface area contributed by atoms with Crippen LogP contribution in [0.25, 0.3) is 0 Å². The van der Waals surface area contributed by atoms with E-state index in [4.69, 9.17) is 26.1 Å². The van der Waals surface area contributed by atoms with Crippen LogP contribution in [-0.2, 0) is 17.9 Å². The second-order valence-corrected chi connectivity index (χ2v) is 5.65. The molecule has 7 nitrogen and oxygen atoms in total. The van der Waals surface area contributed by atoms with Crippen molar-refractivity contribution in [2.75, 3.05) is 12.4 Å². The van der Waals surface area contributed by atoms with Gasteiger partial charge in [0.05, 0.1) is 7.11 Å². The van der Waals surface area contributed by atoms with Gasteiger partial charge in [-0.1, -0.05) is 24.3 Å². The van der Waals surface area contributed by atoms with Gasteiger partial charge in [-0.25, -0.2) is 4.68 Å². The molecule has 0 saturated heterocycles. The predicted molar refractivity (Wildman–Crippen MR) is 97.7 cm³/mol. The number of methoxy groups -OCH3 is 1. The highest BCUT2D eigenvalue weighted by molar-refractivity contribution is 7.71. The first-order valence-corrected chi connectivity index (χ1v) is 8.23. The summed E-state index contributed by atoms with van der Waals surface area (Å²) >= 11 is 5.10. The summed E-state index contributed by atoms with van der Waals surface area (Å²) in [5, 5.41) is 6.94. The fraction of sp³-hybridized carbons (Fsp3) is 0.167. The van der Waals surface area contributed by atoms with Gasteiger partial charge in [-0.2, -0.15) is 0 Å². The van der Waals surface area contributed by atoms with Crippen LogP contribution in [0.5, 0.6) is 11.5 Å². The smallest absolute Gasteiger partial charge is 0.287 e. The van der Waals surface area contributed by atoms with Crippen LogP contribution in [0.2, 0.25) is 0 Å². The molecule has 0 aliphatic rings. The van der Waals surface area contributed by atoms with Crippen LogP contribution in [0, 0.1) is 4.84 Å². The Morgan fingerprint density at radius 3 is 2.73 bits per heavy atom. The zero-order valence-electron chi connectivity index (χ0n) is 14.0. The Labute approximate surface area is 155 Å². The highest BCUT2D eigenvalue weighted by Gasteiger charge is 2.11. The number of carbonyl (C=O) groups excluding carboxylic acids is 1. The minimum Gasteiger partial charge on any atom is -0.497 e. The number of amides is 1. The molecule has 3 aromatic rings. The number of ether oxygens (including phenoxy) is 2. The number of hydrogen-bond donors (Lipinski definition) is 1. The molecule has 0 aliphatic carbocycles. The Bertz CT molecular complexity index is 937. The molecular formula is C18H17N3O4S. The van der Waals surface area contributed by atoms with Crippen molar-refractivity contribution in [3.8, 4) is 11.5 Å². The van der Waals surface area contributed by atoms with E-state index in [-0.39, 0.29) is 23.9 Å². The fourth-order valence-corrected chi connectivity index (χ4v) is 2.41. The minimum absolute atomic E-state index is 0.0646. The van der Waals surface area contributed by atoms with Gasteiger partial charge < -0.3 is 19.2 Å². The van der Waals surface area contributed by atoms with Crippen molar-refractivity contribution >= 4 is 23.8 Å². The number of anilines is 1. The van der Waals surface area contributed by atoms with E-state index >= 15 is 0 Å². The third kappa shape index (κ3) is 4.70. The van der Waals surface area contributed by atoms with Gasteiger partial charge in [0, 0.05) is 11.8 Å². The molecule has 0 bridgehead atoms. The van der Waals surface area contributed by atoms with Crippen molar-refractivity contribution < 1.29 is 18.7 Å². The van der Waals surface area contributed by atoms with Crippen molar-refractivity contribution in [2.45, 2.75) is 13.2 Å². The zero-order chi connectivity index (χ0) is 18.4. The number of carbonyl (C=O) groups is 1. The summed E-state index contributed by atoms with van der Waals surface area (Å²) in [7, 11) is 1.56. The molecule has 1 amide bonds.